The van der Waals surface area contributed by atoms with Crippen molar-refractivity contribution in [2.24, 2.45) is 0 Å². The molecule has 2 nitrogen and oxygen atoms in total. The van der Waals surface area contributed by atoms with Crippen LogP contribution in [0.1, 0.15) is 38.7 Å². The van der Waals surface area contributed by atoms with E-state index >= 15 is 0 Å². The molecule has 0 aromatic heterocycles. The summed E-state index contributed by atoms with van der Waals surface area (Å²) in [6.45, 7) is 6.65. The number of para-hydroxylation sites is 1. The summed E-state index contributed by atoms with van der Waals surface area (Å²) >= 11 is 0. The van der Waals surface area contributed by atoms with Crippen LogP contribution in [0, 0.1) is 0 Å². The standard InChI is InChI=1S/C13H20O2/c1-4-12(14)10(3)11-8-6-7-9-13(11)15-5-2/h6-10,12,14H,4-5H2,1-3H3. The van der Waals surface area contributed by atoms with Crippen molar-refractivity contribution >= 4 is 0 Å². The number of aliphatic hydroxyl groups is 1. The van der Waals surface area contributed by atoms with Gasteiger partial charge in [-0.3, -0.25) is 0 Å². The highest BCUT2D eigenvalue weighted by Gasteiger charge is 2.17. The van der Waals surface area contributed by atoms with E-state index in [1.165, 1.54) is 0 Å². The van der Waals surface area contributed by atoms with Crippen molar-refractivity contribution in [2.45, 2.75) is 39.2 Å². The van der Waals surface area contributed by atoms with Gasteiger partial charge in [-0.05, 0) is 25.0 Å². The van der Waals surface area contributed by atoms with Gasteiger partial charge in [0.05, 0.1) is 12.7 Å². The zero-order valence-corrected chi connectivity index (χ0v) is 9.73. The van der Waals surface area contributed by atoms with Crippen LogP contribution in [0.3, 0.4) is 0 Å². The second-order valence-corrected chi connectivity index (χ2v) is 3.74. The number of rotatable bonds is 5. The molecule has 2 atom stereocenters. The van der Waals surface area contributed by atoms with Crippen LogP contribution in [-0.4, -0.2) is 17.8 Å². The minimum absolute atomic E-state index is 0.123. The third-order valence-corrected chi connectivity index (χ3v) is 2.70. The Balaban J connectivity index is 2.91. The fourth-order valence-electron chi connectivity index (χ4n) is 1.70. The Labute approximate surface area is 91.9 Å². The maximum Gasteiger partial charge on any atom is 0.122 e. The molecule has 0 amide bonds. The van der Waals surface area contributed by atoms with E-state index in [0.29, 0.717) is 6.61 Å². The normalized spacial score (nSPS) is 14.7. The van der Waals surface area contributed by atoms with E-state index in [4.69, 9.17) is 4.74 Å². The third kappa shape index (κ3) is 2.96. The van der Waals surface area contributed by atoms with E-state index in [0.717, 1.165) is 17.7 Å². The molecule has 15 heavy (non-hydrogen) atoms. The van der Waals surface area contributed by atoms with E-state index in [2.05, 4.69) is 0 Å². The molecule has 1 N–H and O–H groups in total. The fourth-order valence-corrected chi connectivity index (χ4v) is 1.70. The van der Waals surface area contributed by atoms with E-state index in [1.54, 1.807) is 0 Å². The van der Waals surface area contributed by atoms with Crippen molar-refractivity contribution in [3.05, 3.63) is 29.8 Å². The fraction of sp³-hybridized carbons (Fsp3) is 0.538. The summed E-state index contributed by atoms with van der Waals surface area (Å²) in [5.41, 5.74) is 1.09. The highest BCUT2D eigenvalue weighted by Crippen LogP contribution is 2.29. The Hall–Kier alpha value is -1.02. The lowest BCUT2D eigenvalue weighted by atomic mass is 9.93. The van der Waals surface area contributed by atoms with Gasteiger partial charge >= 0.3 is 0 Å². The first-order chi connectivity index (χ1) is 7.20. The Morgan fingerprint density at radius 1 is 1.27 bits per heavy atom. The van der Waals surface area contributed by atoms with Crippen LogP contribution in [0.25, 0.3) is 0 Å². The molecule has 0 saturated carbocycles. The van der Waals surface area contributed by atoms with Gasteiger partial charge in [0.2, 0.25) is 0 Å². The summed E-state index contributed by atoms with van der Waals surface area (Å²) in [6.07, 6.45) is 0.466. The number of aliphatic hydroxyl groups excluding tert-OH is 1. The van der Waals surface area contributed by atoms with Crippen molar-refractivity contribution < 1.29 is 9.84 Å². The highest BCUT2D eigenvalue weighted by molar-refractivity contribution is 5.36. The summed E-state index contributed by atoms with van der Waals surface area (Å²) in [5.74, 6) is 1.01. The van der Waals surface area contributed by atoms with Crippen molar-refractivity contribution in [1.29, 1.82) is 0 Å². The zero-order chi connectivity index (χ0) is 11.3. The quantitative estimate of drug-likeness (QED) is 0.806. The van der Waals surface area contributed by atoms with Gasteiger partial charge in [-0.2, -0.15) is 0 Å². The molecular weight excluding hydrogens is 188 g/mol. The lowest BCUT2D eigenvalue weighted by molar-refractivity contribution is 0.143. The van der Waals surface area contributed by atoms with E-state index < -0.39 is 0 Å². The maximum absolute atomic E-state index is 9.82. The second-order valence-electron chi connectivity index (χ2n) is 3.74. The first kappa shape index (κ1) is 12.1. The lowest BCUT2D eigenvalue weighted by Gasteiger charge is -2.20. The van der Waals surface area contributed by atoms with E-state index in [9.17, 15) is 5.11 Å². The van der Waals surface area contributed by atoms with Gasteiger partial charge in [0.1, 0.15) is 5.75 Å². The molecule has 0 bridgehead atoms. The zero-order valence-electron chi connectivity index (χ0n) is 9.73. The first-order valence-electron chi connectivity index (χ1n) is 5.60. The van der Waals surface area contributed by atoms with Gasteiger partial charge in [-0.15, -0.1) is 0 Å². The SMILES string of the molecule is CCOc1ccccc1C(C)C(O)CC. The predicted octanol–water partition coefficient (Wildman–Crippen LogP) is 2.96. The van der Waals surface area contributed by atoms with Gasteiger partial charge in [-0.1, -0.05) is 32.0 Å². The van der Waals surface area contributed by atoms with Crippen molar-refractivity contribution in [3.63, 3.8) is 0 Å². The summed E-state index contributed by atoms with van der Waals surface area (Å²) in [5, 5.41) is 9.82. The van der Waals surface area contributed by atoms with Crippen LogP contribution in [0.15, 0.2) is 24.3 Å². The lowest BCUT2D eigenvalue weighted by Crippen LogP contribution is -2.15. The molecule has 0 saturated heterocycles. The van der Waals surface area contributed by atoms with Gasteiger partial charge < -0.3 is 9.84 Å². The van der Waals surface area contributed by atoms with Crippen molar-refractivity contribution in [2.75, 3.05) is 6.61 Å². The minimum atomic E-state index is -0.299. The molecular formula is C13H20O2. The molecule has 0 heterocycles. The average Bonchev–Trinajstić information content (AvgIpc) is 2.28. The van der Waals surface area contributed by atoms with Gasteiger partial charge in [-0.25, -0.2) is 0 Å². The first-order valence-corrected chi connectivity index (χ1v) is 5.60. The molecule has 0 aliphatic rings. The Morgan fingerprint density at radius 2 is 1.93 bits per heavy atom. The van der Waals surface area contributed by atoms with Crippen molar-refractivity contribution in [3.8, 4) is 5.75 Å². The van der Waals surface area contributed by atoms with Crippen LogP contribution < -0.4 is 4.74 Å². The molecule has 84 valence electrons. The molecule has 1 rings (SSSR count). The molecule has 1 aromatic carbocycles. The number of hydrogen-bond donors (Lipinski definition) is 1. The molecule has 0 radical (unpaired) electrons. The van der Waals surface area contributed by atoms with E-state index in [-0.39, 0.29) is 12.0 Å². The molecule has 0 spiro atoms. The number of benzene rings is 1. The molecule has 0 aliphatic carbocycles. The molecule has 2 unspecified atom stereocenters. The van der Waals surface area contributed by atoms with Crippen LogP contribution in [0.2, 0.25) is 0 Å². The smallest absolute Gasteiger partial charge is 0.122 e. The van der Waals surface area contributed by atoms with Crippen LogP contribution >= 0.6 is 0 Å². The summed E-state index contributed by atoms with van der Waals surface area (Å²) < 4.78 is 5.54. The number of hydrogen-bond acceptors (Lipinski definition) is 2. The van der Waals surface area contributed by atoms with Gasteiger partial charge in [0.15, 0.2) is 0 Å². The highest BCUT2D eigenvalue weighted by atomic mass is 16.5. The van der Waals surface area contributed by atoms with E-state index in [1.807, 2.05) is 45.0 Å². The monoisotopic (exact) mass is 208 g/mol. The molecule has 1 aromatic rings. The Kier molecular flexibility index (Phi) is 4.63. The largest absolute Gasteiger partial charge is 0.494 e. The van der Waals surface area contributed by atoms with Crippen LogP contribution in [0.5, 0.6) is 5.75 Å². The van der Waals surface area contributed by atoms with Gasteiger partial charge in [0, 0.05) is 5.92 Å². The number of ether oxygens (including phenoxy) is 1. The summed E-state index contributed by atoms with van der Waals surface area (Å²) in [6, 6.07) is 7.92. The average molecular weight is 208 g/mol. The van der Waals surface area contributed by atoms with Crippen LogP contribution in [-0.2, 0) is 0 Å². The Morgan fingerprint density at radius 3 is 2.53 bits per heavy atom. The second kappa shape index (κ2) is 5.76. The van der Waals surface area contributed by atoms with Crippen molar-refractivity contribution in [1.82, 2.24) is 0 Å². The molecule has 2 heteroatoms. The predicted molar refractivity (Wildman–Crippen MR) is 62.3 cm³/mol. The summed E-state index contributed by atoms with van der Waals surface area (Å²) in [4.78, 5) is 0. The minimum Gasteiger partial charge on any atom is -0.494 e. The third-order valence-electron chi connectivity index (χ3n) is 2.70. The Bertz CT molecular complexity index is 296. The maximum atomic E-state index is 9.82. The topological polar surface area (TPSA) is 29.5 Å². The molecule has 0 fully saturated rings. The molecule has 0 aliphatic heterocycles. The van der Waals surface area contributed by atoms with Crippen LogP contribution in [0.4, 0.5) is 0 Å². The van der Waals surface area contributed by atoms with Gasteiger partial charge in [0.25, 0.3) is 0 Å². The summed E-state index contributed by atoms with van der Waals surface area (Å²) in [7, 11) is 0.